The molecule has 3 heterocycles. The molecule has 0 amide bonds. The second kappa shape index (κ2) is 7.13. The van der Waals surface area contributed by atoms with E-state index in [-0.39, 0.29) is 11.5 Å². The maximum absolute atomic E-state index is 11.7. The van der Waals surface area contributed by atoms with E-state index in [1.807, 2.05) is 5.01 Å². The summed E-state index contributed by atoms with van der Waals surface area (Å²) in [7, 11) is 1.23. The molecule has 0 N–H and O–H groups in total. The Bertz CT molecular complexity index is 804. The predicted molar refractivity (Wildman–Crippen MR) is 84.4 cm³/mol. The molecule has 0 aliphatic carbocycles. The number of nitro groups is 1. The number of morpholine rings is 1. The molecule has 0 spiro atoms. The molecule has 132 valence electrons. The number of hydrogen-bond acceptors (Lipinski definition) is 9. The highest BCUT2D eigenvalue weighted by molar-refractivity contribution is 5.88. The Morgan fingerprint density at radius 2 is 2.20 bits per heavy atom. The monoisotopic (exact) mass is 349 g/mol. The number of ether oxygens (including phenoxy) is 2. The molecule has 1 fully saturated rings. The molecule has 0 saturated carbocycles. The summed E-state index contributed by atoms with van der Waals surface area (Å²) in [4.78, 5) is 21.8. The molecule has 2 aromatic rings. The summed E-state index contributed by atoms with van der Waals surface area (Å²) in [6.07, 6.45) is 2.23. The number of carbonyl (C=O) groups is 1. The summed E-state index contributed by atoms with van der Waals surface area (Å²) in [5.41, 5.74) is 0.705. The third-order valence-electron chi connectivity index (χ3n) is 3.46. The number of nitrogens with zero attached hydrogens (tertiary/aromatic N) is 5. The zero-order valence-electron chi connectivity index (χ0n) is 13.3. The number of furan rings is 1. The van der Waals surface area contributed by atoms with E-state index in [9.17, 15) is 14.9 Å². The van der Waals surface area contributed by atoms with Crippen LogP contribution in [-0.4, -0.2) is 65.4 Å². The summed E-state index contributed by atoms with van der Waals surface area (Å²) >= 11 is 0. The van der Waals surface area contributed by atoms with E-state index >= 15 is 0 Å². The van der Waals surface area contributed by atoms with Crippen LogP contribution < -0.4 is 0 Å². The topological polar surface area (TPSA) is 125 Å². The van der Waals surface area contributed by atoms with Crippen LogP contribution in [0.1, 0.15) is 5.56 Å². The highest BCUT2D eigenvalue weighted by atomic mass is 16.6. The van der Waals surface area contributed by atoms with Gasteiger partial charge >= 0.3 is 12.0 Å². The van der Waals surface area contributed by atoms with E-state index < -0.39 is 16.9 Å². The Kier molecular flexibility index (Phi) is 4.75. The van der Waals surface area contributed by atoms with Gasteiger partial charge in [0.25, 0.3) is 0 Å². The molecule has 0 aromatic carbocycles. The molecule has 0 unspecified atom stereocenters. The maximum atomic E-state index is 11.7. The maximum Gasteiger partial charge on any atom is 0.434 e. The van der Waals surface area contributed by atoms with Crippen molar-refractivity contribution in [2.75, 3.05) is 33.4 Å². The SMILES string of the molecule is COC(=O)n1cc(C=NN2CCOCC2)c(-c2ccc([N+](=O)[O-])o2)n1. The molecule has 1 aliphatic rings. The molecule has 2 aromatic heterocycles. The molecule has 1 aliphatic heterocycles. The number of aromatic nitrogens is 2. The lowest BCUT2D eigenvalue weighted by Gasteiger charge is -2.23. The van der Waals surface area contributed by atoms with Crippen LogP contribution in [0.15, 0.2) is 27.8 Å². The summed E-state index contributed by atoms with van der Waals surface area (Å²) in [5.74, 6) is -0.267. The van der Waals surface area contributed by atoms with Crippen LogP contribution >= 0.6 is 0 Å². The molecule has 11 heteroatoms. The number of carbonyl (C=O) groups excluding carboxylic acids is 1. The number of hydrazone groups is 1. The Labute approximate surface area is 141 Å². The van der Waals surface area contributed by atoms with E-state index in [1.165, 1.54) is 31.7 Å². The normalized spacial score (nSPS) is 14.8. The molecule has 0 bridgehead atoms. The Morgan fingerprint density at radius 1 is 1.44 bits per heavy atom. The summed E-state index contributed by atoms with van der Waals surface area (Å²) < 4.78 is 16.0. The van der Waals surface area contributed by atoms with Gasteiger partial charge in [0.15, 0.2) is 5.76 Å². The van der Waals surface area contributed by atoms with E-state index in [0.717, 1.165) is 4.68 Å². The Balaban J connectivity index is 1.93. The number of rotatable bonds is 4. The number of methoxy groups -OCH3 is 1. The van der Waals surface area contributed by atoms with Gasteiger partial charge in [-0.3, -0.25) is 15.1 Å². The fraction of sp³-hybridized carbons (Fsp3) is 0.357. The van der Waals surface area contributed by atoms with Gasteiger partial charge in [0.05, 0.1) is 45.7 Å². The van der Waals surface area contributed by atoms with Crippen molar-refractivity contribution in [3.05, 3.63) is 34.0 Å². The van der Waals surface area contributed by atoms with Gasteiger partial charge in [0.2, 0.25) is 0 Å². The average Bonchev–Trinajstić information content (AvgIpc) is 3.27. The van der Waals surface area contributed by atoms with Crippen LogP contribution in [0.25, 0.3) is 11.5 Å². The van der Waals surface area contributed by atoms with Crippen LogP contribution in [0.2, 0.25) is 0 Å². The van der Waals surface area contributed by atoms with Gasteiger partial charge in [-0.15, -0.1) is 0 Å². The van der Waals surface area contributed by atoms with E-state index in [0.29, 0.717) is 31.9 Å². The second-order valence-electron chi connectivity index (χ2n) is 5.05. The van der Waals surface area contributed by atoms with Gasteiger partial charge in [0, 0.05) is 11.8 Å². The highest BCUT2D eigenvalue weighted by Crippen LogP contribution is 2.27. The van der Waals surface area contributed by atoms with E-state index in [2.05, 4.69) is 14.9 Å². The molecular weight excluding hydrogens is 334 g/mol. The van der Waals surface area contributed by atoms with Crippen molar-refractivity contribution in [3.63, 3.8) is 0 Å². The van der Waals surface area contributed by atoms with Crippen LogP contribution in [0.5, 0.6) is 0 Å². The van der Waals surface area contributed by atoms with Crippen LogP contribution in [0.4, 0.5) is 10.7 Å². The molecule has 11 nitrogen and oxygen atoms in total. The average molecular weight is 349 g/mol. The number of hydrogen-bond donors (Lipinski definition) is 0. The van der Waals surface area contributed by atoms with Gasteiger partial charge in [0.1, 0.15) is 10.6 Å². The van der Waals surface area contributed by atoms with Crippen LogP contribution in [0.3, 0.4) is 0 Å². The smallest absolute Gasteiger partial charge is 0.434 e. The summed E-state index contributed by atoms with van der Waals surface area (Å²) in [5, 5.41) is 21.0. The second-order valence-corrected chi connectivity index (χ2v) is 5.05. The van der Waals surface area contributed by atoms with Crippen molar-refractivity contribution in [2.45, 2.75) is 0 Å². The minimum Gasteiger partial charge on any atom is -0.451 e. The standard InChI is InChI=1S/C14H15N5O6/c1-23-14(20)18-9-10(8-15-17-4-6-24-7-5-17)13(16-18)11-2-3-12(25-11)19(21)22/h2-3,8-9H,4-7H2,1H3. The lowest BCUT2D eigenvalue weighted by molar-refractivity contribution is -0.401. The lowest BCUT2D eigenvalue weighted by atomic mass is 10.2. The molecule has 0 atom stereocenters. The van der Waals surface area contributed by atoms with Crippen molar-refractivity contribution in [1.82, 2.24) is 14.8 Å². The summed E-state index contributed by atoms with van der Waals surface area (Å²) in [6, 6.07) is 2.63. The first-order valence-electron chi connectivity index (χ1n) is 7.37. The van der Waals surface area contributed by atoms with Gasteiger partial charge in [-0.1, -0.05) is 0 Å². The van der Waals surface area contributed by atoms with Crippen molar-refractivity contribution in [1.29, 1.82) is 0 Å². The Hall–Kier alpha value is -3.21. The molecule has 25 heavy (non-hydrogen) atoms. The van der Waals surface area contributed by atoms with Crippen LogP contribution in [-0.2, 0) is 9.47 Å². The quantitative estimate of drug-likeness (QED) is 0.460. The fourth-order valence-corrected chi connectivity index (χ4v) is 2.23. The third-order valence-corrected chi connectivity index (χ3v) is 3.46. The first-order valence-corrected chi connectivity index (χ1v) is 7.37. The Morgan fingerprint density at radius 3 is 2.84 bits per heavy atom. The van der Waals surface area contributed by atoms with Gasteiger partial charge < -0.3 is 13.9 Å². The van der Waals surface area contributed by atoms with Gasteiger partial charge in [-0.2, -0.15) is 14.9 Å². The highest BCUT2D eigenvalue weighted by Gasteiger charge is 2.20. The van der Waals surface area contributed by atoms with Crippen LogP contribution in [0, 0.1) is 10.1 Å². The third kappa shape index (κ3) is 3.66. The van der Waals surface area contributed by atoms with Crippen molar-refractivity contribution < 1.29 is 23.6 Å². The molecule has 3 rings (SSSR count). The zero-order chi connectivity index (χ0) is 17.8. The predicted octanol–water partition coefficient (Wildman–Crippen LogP) is 1.33. The van der Waals surface area contributed by atoms with E-state index in [4.69, 9.17) is 9.15 Å². The minimum atomic E-state index is -0.701. The fourth-order valence-electron chi connectivity index (χ4n) is 2.23. The lowest BCUT2D eigenvalue weighted by Crippen LogP contribution is -2.32. The van der Waals surface area contributed by atoms with Gasteiger partial charge in [-0.25, -0.2) is 4.79 Å². The van der Waals surface area contributed by atoms with Crippen molar-refractivity contribution in [3.8, 4) is 11.5 Å². The van der Waals surface area contributed by atoms with Crippen molar-refractivity contribution >= 4 is 18.2 Å². The minimum absolute atomic E-state index is 0.151. The molecule has 0 radical (unpaired) electrons. The first-order chi connectivity index (χ1) is 12.1. The van der Waals surface area contributed by atoms with Crippen molar-refractivity contribution in [2.24, 2.45) is 5.10 Å². The first kappa shape index (κ1) is 16.6. The van der Waals surface area contributed by atoms with Gasteiger partial charge in [-0.05, 0) is 6.07 Å². The summed E-state index contributed by atoms with van der Waals surface area (Å²) in [6.45, 7) is 2.44. The largest absolute Gasteiger partial charge is 0.451 e. The molecular formula is C14H15N5O6. The van der Waals surface area contributed by atoms with E-state index in [1.54, 1.807) is 0 Å². The molecule has 1 saturated heterocycles. The zero-order valence-corrected chi connectivity index (χ0v) is 13.3.